The molecule has 0 aliphatic heterocycles. The van der Waals surface area contributed by atoms with Gasteiger partial charge in [0.15, 0.2) is 0 Å². The molecule has 0 bridgehead atoms. The molecule has 0 radical (unpaired) electrons. The fourth-order valence-electron chi connectivity index (χ4n) is 2.73. The van der Waals surface area contributed by atoms with Crippen LogP contribution in [0.5, 0.6) is 0 Å². The molecule has 106 valence electrons. The zero-order valence-electron chi connectivity index (χ0n) is 11.3. The van der Waals surface area contributed by atoms with E-state index >= 15 is 0 Å². The Balaban J connectivity index is 1.73. The summed E-state index contributed by atoms with van der Waals surface area (Å²) < 4.78 is 13.3. The molecule has 0 aromatic heterocycles. The van der Waals surface area contributed by atoms with Gasteiger partial charge in [0.2, 0.25) is 5.91 Å². The number of hydrogen-bond donors (Lipinski definition) is 1. The van der Waals surface area contributed by atoms with E-state index in [1.54, 1.807) is 6.07 Å². The molecule has 0 heterocycles. The zero-order valence-corrected chi connectivity index (χ0v) is 11.3. The first-order valence-corrected chi connectivity index (χ1v) is 7.12. The van der Waals surface area contributed by atoms with Crippen molar-refractivity contribution in [2.24, 2.45) is 11.7 Å². The van der Waals surface area contributed by atoms with Crippen molar-refractivity contribution in [2.45, 2.75) is 37.9 Å². The second-order valence-electron chi connectivity index (χ2n) is 5.72. The quantitative estimate of drug-likeness (QED) is 0.856. The summed E-state index contributed by atoms with van der Waals surface area (Å²) in [5, 5.41) is 0. The number of amides is 1. The molecule has 3 rings (SSSR count). The Kier molecular flexibility index (Phi) is 3.57. The second-order valence-corrected chi connectivity index (χ2v) is 5.72. The SMILES string of the molecule is NC1C=CC(C(=O)N(Cc2cccc(F)c2)C2CC2)C1. The maximum atomic E-state index is 13.3. The van der Waals surface area contributed by atoms with Crippen molar-refractivity contribution in [2.75, 3.05) is 0 Å². The second kappa shape index (κ2) is 5.37. The highest BCUT2D eigenvalue weighted by atomic mass is 19.1. The summed E-state index contributed by atoms with van der Waals surface area (Å²) in [6, 6.07) is 6.77. The van der Waals surface area contributed by atoms with Crippen LogP contribution >= 0.6 is 0 Å². The topological polar surface area (TPSA) is 46.3 Å². The van der Waals surface area contributed by atoms with Crippen LogP contribution in [0.25, 0.3) is 0 Å². The van der Waals surface area contributed by atoms with Gasteiger partial charge in [-0.05, 0) is 37.0 Å². The Morgan fingerprint density at radius 1 is 1.35 bits per heavy atom. The van der Waals surface area contributed by atoms with Gasteiger partial charge in [0.25, 0.3) is 0 Å². The van der Waals surface area contributed by atoms with E-state index in [9.17, 15) is 9.18 Å². The number of nitrogens with zero attached hydrogens (tertiary/aromatic N) is 1. The standard InChI is InChI=1S/C16H19FN2O/c17-13-3-1-2-11(8-13)10-19(15-6-7-15)16(20)12-4-5-14(18)9-12/h1-5,8,12,14-15H,6-7,9-10,18H2. The molecule has 1 fully saturated rings. The summed E-state index contributed by atoms with van der Waals surface area (Å²) in [5.41, 5.74) is 6.66. The molecule has 2 atom stereocenters. The minimum atomic E-state index is -0.256. The van der Waals surface area contributed by atoms with Crippen LogP contribution in [0.3, 0.4) is 0 Å². The number of halogens is 1. The normalized spacial score (nSPS) is 24.9. The molecule has 2 N–H and O–H groups in total. The third kappa shape index (κ3) is 2.90. The van der Waals surface area contributed by atoms with E-state index in [0.29, 0.717) is 19.0 Å². The molecule has 1 saturated carbocycles. The molecular weight excluding hydrogens is 255 g/mol. The van der Waals surface area contributed by atoms with E-state index in [1.165, 1.54) is 12.1 Å². The average Bonchev–Trinajstić information content (AvgIpc) is 3.17. The Labute approximate surface area is 118 Å². The molecule has 4 heteroatoms. The van der Waals surface area contributed by atoms with Crippen LogP contribution in [0.2, 0.25) is 0 Å². The summed E-state index contributed by atoms with van der Waals surface area (Å²) in [7, 11) is 0. The molecular formula is C16H19FN2O. The van der Waals surface area contributed by atoms with Crippen molar-refractivity contribution in [3.63, 3.8) is 0 Å². The van der Waals surface area contributed by atoms with Gasteiger partial charge < -0.3 is 10.6 Å². The zero-order chi connectivity index (χ0) is 14.1. The minimum absolute atomic E-state index is 0.0147. The van der Waals surface area contributed by atoms with E-state index in [2.05, 4.69) is 0 Å². The van der Waals surface area contributed by atoms with Crippen LogP contribution in [0.1, 0.15) is 24.8 Å². The predicted octanol–water partition coefficient (Wildman–Crippen LogP) is 2.22. The van der Waals surface area contributed by atoms with E-state index in [1.807, 2.05) is 23.1 Å². The lowest BCUT2D eigenvalue weighted by Gasteiger charge is -2.25. The number of hydrogen-bond acceptors (Lipinski definition) is 2. The maximum absolute atomic E-state index is 13.3. The van der Waals surface area contributed by atoms with Gasteiger partial charge in [-0.15, -0.1) is 0 Å². The highest BCUT2D eigenvalue weighted by molar-refractivity contribution is 5.81. The number of carbonyl (C=O) groups excluding carboxylic acids is 1. The van der Waals surface area contributed by atoms with Gasteiger partial charge in [0.1, 0.15) is 5.82 Å². The Morgan fingerprint density at radius 3 is 2.75 bits per heavy atom. The van der Waals surface area contributed by atoms with Crippen molar-refractivity contribution < 1.29 is 9.18 Å². The first kappa shape index (κ1) is 13.3. The van der Waals surface area contributed by atoms with Crippen LogP contribution in [-0.2, 0) is 11.3 Å². The van der Waals surface area contributed by atoms with Crippen LogP contribution in [0.15, 0.2) is 36.4 Å². The van der Waals surface area contributed by atoms with E-state index < -0.39 is 0 Å². The van der Waals surface area contributed by atoms with Crippen molar-refractivity contribution in [3.05, 3.63) is 47.8 Å². The number of benzene rings is 1. The number of nitrogens with two attached hydrogens (primary N) is 1. The third-order valence-electron chi connectivity index (χ3n) is 3.95. The van der Waals surface area contributed by atoms with Crippen molar-refractivity contribution in [3.8, 4) is 0 Å². The lowest BCUT2D eigenvalue weighted by molar-refractivity contribution is -0.135. The van der Waals surface area contributed by atoms with Crippen LogP contribution in [0.4, 0.5) is 4.39 Å². The van der Waals surface area contributed by atoms with Gasteiger partial charge in [-0.1, -0.05) is 24.3 Å². The van der Waals surface area contributed by atoms with Gasteiger partial charge in [-0.2, -0.15) is 0 Å². The fourth-order valence-corrected chi connectivity index (χ4v) is 2.73. The summed E-state index contributed by atoms with van der Waals surface area (Å²) >= 11 is 0. The highest BCUT2D eigenvalue weighted by Gasteiger charge is 2.36. The summed E-state index contributed by atoms with van der Waals surface area (Å²) in [5.74, 6) is -0.242. The van der Waals surface area contributed by atoms with Gasteiger partial charge in [-0.25, -0.2) is 4.39 Å². The lowest BCUT2D eigenvalue weighted by Crippen LogP contribution is -2.37. The van der Waals surface area contributed by atoms with Crippen LogP contribution < -0.4 is 5.73 Å². The van der Waals surface area contributed by atoms with Crippen LogP contribution in [-0.4, -0.2) is 22.9 Å². The van der Waals surface area contributed by atoms with Gasteiger partial charge in [-0.3, -0.25) is 4.79 Å². The highest BCUT2D eigenvalue weighted by Crippen LogP contribution is 2.31. The molecule has 1 aromatic carbocycles. The molecule has 20 heavy (non-hydrogen) atoms. The van der Waals surface area contributed by atoms with Gasteiger partial charge >= 0.3 is 0 Å². The molecule has 3 nitrogen and oxygen atoms in total. The maximum Gasteiger partial charge on any atom is 0.230 e. The Morgan fingerprint density at radius 2 is 2.15 bits per heavy atom. The van der Waals surface area contributed by atoms with E-state index in [0.717, 1.165) is 18.4 Å². The summed E-state index contributed by atoms with van der Waals surface area (Å²) in [6.07, 6.45) is 6.59. The van der Waals surface area contributed by atoms with Gasteiger partial charge in [0.05, 0.1) is 5.92 Å². The largest absolute Gasteiger partial charge is 0.335 e. The fraction of sp³-hybridized carbons (Fsp3) is 0.438. The average molecular weight is 274 g/mol. The first-order valence-electron chi connectivity index (χ1n) is 7.12. The summed E-state index contributed by atoms with van der Waals surface area (Å²) in [4.78, 5) is 14.5. The van der Waals surface area contributed by atoms with Crippen molar-refractivity contribution >= 4 is 5.91 Å². The number of carbonyl (C=O) groups is 1. The third-order valence-corrected chi connectivity index (χ3v) is 3.95. The molecule has 2 aliphatic carbocycles. The molecule has 2 aliphatic rings. The lowest BCUT2D eigenvalue weighted by atomic mass is 10.1. The molecule has 0 spiro atoms. The monoisotopic (exact) mass is 274 g/mol. The molecule has 1 aromatic rings. The predicted molar refractivity (Wildman–Crippen MR) is 75.2 cm³/mol. The smallest absolute Gasteiger partial charge is 0.230 e. The Bertz CT molecular complexity index is 539. The Hall–Kier alpha value is -1.68. The molecule has 0 saturated heterocycles. The van der Waals surface area contributed by atoms with Gasteiger partial charge in [0, 0.05) is 18.6 Å². The van der Waals surface area contributed by atoms with Crippen molar-refractivity contribution in [1.29, 1.82) is 0 Å². The minimum Gasteiger partial charge on any atom is -0.335 e. The van der Waals surface area contributed by atoms with Crippen LogP contribution in [0, 0.1) is 11.7 Å². The summed E-state index contributed by atoms with van der Waals surface area (Å²) in [6.45, 7) is 0.487. The van der Waals surface area contributed by atoms with E-state index in [4.69, 9.17) is 5.73 Å². The molecule has 1 amide bonds. The first-order chi connectivity index (χ1) is 9.63. The van der Waals surface area contributed by atoms with Crippen molar-refractivity contribution in [1.82, 2.24) is 4.90 Å². The number of rotatable bonds is 4. The van der Waals surface area contributed by atoms with E-state index in [-0.39, 0.29) is 23.7 Å². The molecule has 2 unspecified atom stereocenters.